The van der Waals surface area contributed by atoms with Crippen LogP contribution in [-0.2, 0) is 22.6 Å². The van der Waals surface area contributed by atoms with E-state index in [1.807, 2.05) is 0 Å². The van der Waals surface area contributed by atoms with Gasteiger partial charge in [0.15, 0.2) is 12.1 Å². The Hall–Kier alpha value is -4.63. The molecule has 2 N–H and O–H groups in total. The van der Waals surface area contributed by atoms with Gasteiger partial charge in [-0.05, 0) is 59.7 Å². The normalized spacial score (nSPS) is 16.6. The number of nitrogens with zero attached hydrogens (tertiary/aromatic N) is 1. The van der Waals surface area contributed by atoms with Crippen LogP contribution in [-0.4, -0.2) is 28.8 Å². The van der Waals surface area contributed by atoms with Crippen LogP contribution in [0.15, 0.2) is 95.6 Å². The smallest absolute Gasteiger partial charge is 0.411 e. The van der Waals surface area contributed by atoms with Crippen LogP contribution in [0.3, 0.4) is 0 Å². The fourth-order valence-corrected chi connectivity index (χ4v) is 4.58. The van der Waals surface area contributed by atoms with Crippen LogP contribution in [0.5, 0.6) is 0 Å². The number of benzene rings is 3. The first kappa shape index (κ1) is 26.0. The molecule has 4 aromatic rings. The van der Waals surface area contributed by atoms with Crippen LogP contribution >= 0.6 is 11.6 Å². The first-order valence-electron chi connectivity index (χ1n) is 12.1. The highest BCUT2D eigenvalue weighted by Crippen LogP contribution is 2.35. The van der Waals surface area contributed by atoms with Gasteiger partial charge in [-0.25, -0.2) is 9.18 Å². The van der Waals surface area contributed by atoms with Gasteiger partial charge in [-0.1, -0.05) is 48.0 Å². The van der Waals surface area contributed by atoms with Crippen molar-refractivity contribution in [1.82, 2.24) is 10.2 Å². The quantitative estimate of drug-likeness (QED) is 0.294. The van der Waals surface area contributed by atoms with E-state index in [2.05, 4.69) is 10.6 Å². The second-order valence-corrected chi connectivity index (χ2v) is 9.30. The molecule has 0 aliphatic carbocycles. The summed E-state index contributed by atoms with van der Waals surface area (Å²) in [4.78, 5) is 40.5. The zero-order valence-electron chi connectivity index (χ0n) is 20.5. The van der Waals surface area contributed by atoms with Crippen molar-refractivity contribution in [2.24, 2.45) is 0 Å². The molecule has 1 fully saturated rings. The molecule has 3 amide bonds. The Morgan fingerprint density at radius 3 is 2.56 bits per heavy atom. The van der Waals surface area contributed by atoms with Gasteiger partial charge in [-0.2, -0.15) is 0 Å². The number of furan rings is 1. The first-order valence-corrected chi connectivity index (χ1v) is 12.4. The highest BCUT2D eigenvalue weighted by atomic mass is 35.5. The monoisotopic (exact) mass is 547 g/mol. The van der Waals surface area contributed by atoms with E-state index in [0.717, 1.165) is 5.56 Å². The maximum absolute atomic E-state index is 14.1. The van der Waals surface area contributed by atoms with E-state index in [1.165, 1.54) is 29.4 Å². The minimum atomic E-state index is -1.04. The fraction of sp³-hybridized carbons (Fsp3) is 0.138. The summed E-state index contributed by atoms with van der Waals surface area (Å²) in [6, 6.07) is 21.5. The predicted molar refractivity (Wildman–Crippen MR) is 141 cm³/mol. The molecule has 3 aromatic carbocycles. The molecule has 2 heterocycles. The van der Waals surface area contributed by atoms with Crippen LogP contribution in [0.4, 0.5) is 14.9 Å². The summed E-state index contributed by atoms with van der Waals surface area (Å²) in [5.41, 5.74) is 1.43. The summed E-state index contributed by atoms with van der Waals surface area (Å²) in [5.74, 6) is -1.20. The predicted octanol–water partition coefficient (Wildman–Crippen LogP) is 5.70. The number of halogens is 2. The van der Waals surface area contributed by atoms with Crippen LogP contribution in [0.1, 0.15) is 33.3 Å². The number of rotatable bonds is 8. The van der Waals surface area contributed by atoms with Crippen molar-refractivity contribution in [3.63, 3.8) is 0 Å². The SMILES string of the molecule is O=C(Nc1cccc([C@H]2OC(=O)N(Cc3cccc(Cl)c3)[C@H]2C(=O)NCc2ccco2)c1)c1ccccc1F. The lowest BCUT2D eigenvalue weighted by atomic mass is 10.00. The summed E-state index contributed by atoms with van der Waals surface area (Å²) in [6.45, 7) is 0.200. The molecule has 10 heteroatoms. The lowest BCUT2D eigenvalue weighted by Gasteiger charge is -2.24. The maximum atomic E-state index is 14.1. The largest absolute Gasteiger partial charge is 0.467 e. The molecule has 0 saturated carbocycles. The van der Waals surface area contributed by atoms with E-state index < -0.39 is 35.9 Å². The van der Waals surface area contributed by atoms with Crippen molar-refractivity contribution in [3.8, 4) is 0 Å². The molecule has 8 nitrogen and oxygen atoms in total. The van der Waals surface area contributed by atoms with Gasteiger partial charge in [-0.3, -0.25) is 14.5 Å². The number of cyclic esters (lactones) is 1. The minimum Gasteiger partial charge on any atom is -0.467 e. The third-order valence-electron chi connectivity index (χ3n) is 6.20. The van der Waals surface area contributed by atoms with Crippen LogP contribution in [0.25, 0.3) is 0 Å². The Kier molecular flexibility index (Phi) is 7.60. The van der Waals surface area contributed by atoms with Gasteiger partial charge in [0, 0.05) is 10.7 Å². The molecule has 1 aliphatic heterocycles. The zero-order chi connectivity index (χ0) is 27.4. The molecule has 2 atom stereocenters. The van der Waals surface area contributed by atoms with Gasteiger partial charge in [-0.15, -0.1) is 0 Å². The molecule has 1 aliphatic rings. The molecule has 0 unspecified atom stereocenters. The van der Waals surface area contributed by atoms with Crippen molar-refractivity contribution < 1.29 is 27.9 Å². The Labute approximate surface area is 228 Å². The Balaban J connectivity index is 1.41. The fourth-order valence-electron chi connectivity index (χ4n) is 4.37. The molecule has 1 saturated heterocycles. The number of amides is 3. The van der Waals surface area contributed by atoms with Crippen molar-refractivity contribution in [1.29, 1.82) is 0 Å². The molecule has 0 bridgehead atoms. The van der Waals surface area contributed by atoms with Gasteiger partial charge in [0.25, 0.3) is 5.91 Å². The van der Waals surface area contributed by atoms with Crippen molar-refractivity contribution in [3.05, 3.63) is 124 Å². The maximum Gasteiger partial charge on any atom is 0.411 e. The highest BCUT2D eigenvalue weighted by Gasteiger charge is 2.47. The van der Waals surface area contributed by atoms with Gasteiger partial charge < -0.3 is 19.8 Å². The molecule has 0 spiro atoms. The first-order chi connectivity index (χ1) is 18.9. The average molecular weight is 548 g/mol. The summed E-state index contributed by atoms with van der Waals surface area (Å²) in [7, 11) is 0. The zero-order valence-corrected chi connectivity index (χ0v) is 21.2. The standard InChI is InChI=1S/C29H23ClFN3O5/c30-20-8-3-6-18(14-20)17-34-25(28(36)32-16-22-10-5-13-38-22)26(39-29(34)37)19-7-4-9-21(15-19)33-27(35)23-11-1-2-12-24(23)31/h1-15,25-26H,16-17H2,(H,32,36)(H,33,35)/t25-,26-/m1/s1. The molecule has 5 rings (SSSR count). The topological polar surface area (TPSA) is 101 Å². The van der Waals surface area contributed by atoms with E-state index in [4.69, 9.17) is 20.8 Å². The Bertz CT molecular complexity index is 1510. The second-order valence-electron chi connectivity index (χ2n) is 8.86. The number of carbonyl (C=O) groups excluding carboxylic acids is 3. The summed E-state index contributed by atoms with van der Waals surface area (Å²) >= 11 is 6.13. The molecule has 198 valence electrons. The molecular formula is C29H23ClFN3O5. The van der Waals surface area contributed by atoms with Crippen LogP contribution < -0.4 is 10.6 Å². The Morgan fingerprint density at radius 2 is 1.79 bits per heavy atom. The van der Waals surface area contributed by atoms with E-state index in [0.29, 0.717) is 22.0 Å². The summed E-state index contributed by atoms with van der Waals surface area (Å²) in [5, 5.41) is 5.96. The van der Waals surface area contributed by atoms with E-state index in [-0.39, 0.29) is 18.7 Å². The second kappa shape index (κ2) is 11.4. The third kappa shape index (κ3) is 5.94. The minimum absolute atomic E-state index is 0.0818. The molecule has 39 heavy (non-hydrogen) atoms. The number of hydrogen-bond donors (Lipinski definition) is 2. The van der Waals surface area contributed by atoms with Crippen LogP contribution in [0, 0.1) is 5.82 Å². The number of nitrogens with one attached hydrogen (secondary N) is 2. The molecular weight excluding hydrogens is 525 g/mol. The number of carbonyl (C=O) groups is 3. The molecule has 0 radical (unpaired) electrons. The lowest BCUT2D eigenvalue weighted by Crippen LogP contribution is -2.46. The lowest BCUT2D eigenvalue weighted by molar-refractivity contribution is -0.126. The van der Waals surface area contributed by atoms with Crippen molar-refractivity contribution in [2.75, 3.05) is 5.32 Å². The van der Waals surface area contributed by atoms with E-state index >= 15 is 0 Å². The number of anilines is 1. The van der Waals surface area contributed by atoms with Gasteiger partial charge in [0.05, 0.1) is 24.9 Å². The van der Waals surface area contributed by atoms with Crippen molar-refractivity contribution in [2.45, 2.75) is 25.2 Å². The third-order valence-corrected chi connectivity index (χ3v) is 6.44. The Morgan fingerprint density at radius 1 is 0.974 bits per heavy atom. The number of hydrogen-bond acceptors (Lipinski definition) is 5. The van der Waals surface area contributed by atoms with Gasteiger partial charge in [0.2, 0.25) is 5.91 Å². The highest BCUT2D eigenvalue weighted by molar-refractivity contribution is 6.30. The van der Waals surface area contributed by atoms with E-state index in [1.54, 1.807) is 66.7 Å². The van der Waals surface area contributed by atoms with Gasteiger partial charge >= 0.3 is 6.09 Å². The molecule has 1 aromatic heterocycles. The van der Waals surface area contributed by atoms with E-state index in [9.17, 15) is 18.8 Å². The van der Waals surface area contributed by atoms with Gasteiger partial charge in [0.1, 0.15) is 11.6 Å². The number of ether oxygens (including phenoxy) is 1. The van der Waals surface area contributed by atoms with Crippen molar-refractivity contribution >= 4 is 35.2 Å². The average Bonchev–Trinajstić information content (AvgIpc) is 3.56. The summed E-state index contributed by atoms with van der Waals surface area (Å²) < 4.78 is 25.1. The van der Waals surface area contributed by atoms with Crippen LogP contribution in [0.2, 0.25) is 5.02 Å². The summed E-state index contributed by atoms with van der Waals surface area (Å²) in [6.07, 6.45) is -0.170.